The van der Waals surface area contributed by atoms with Crippen molar-refractivity contribution in [3.05, 3.63) is 65.2 Å². The lowest BCUT2D eigenvalue weighted by Gasteiger charge is -2.03. The van der Waals surface area contributed by atoms with Crippen molar-refractivity contribution >= 4 is 11.5 Å². The maximum atomic E-state index is 6.00. The molecule has 0 aromatic heterocycles. The molecule has 0 amide bonds. The van der Waals surface area contributed by atoms with Crippen molar-refractivity contribution in [2.75, 3.05) is 0 Å². The molecule has 0 bridgehead atoms. The molecule has 17 heavy (non-hydrogen) atoms. The fourth-order valence-electron chi connectivity index (χ4n) is 1.61. The lowest BCUT2D eigenvalue weighted by Crippen LogP contribution is -2.12. The van der Waals surface area contributed by atoms with Gasteiger partial charge in [-0.2, -0.15) is 0 Å². The molecule has 0 heterocycles. The Morgan fingerprint density at radius 1 is 0.941 bits per heavy atom. The predicted molar refractivity (Wildman–Crippen MR) is 72.7 cm³/mol. The number of aliphatic imine (C=N–C) groups is 1. The Labute approximate surface area is 102 Å². The van der Waals surface area contributed by atoms with Gasteiger partial charge in [0.1, 0.15) is 5.84 Å². The maximum Gasteiger partial charge on any atom is 0.131 e. The van der Waals surface area contributed by atoms with Crippen LogP contribution in [0.3, 0.4) is 0 Å². The summed E-state index contributed by atoms with van der Waals surface area (Å²) in [5.41, 5.74) is 10.2. The zero-order chi connectivity index (χ0) is 12.3. The van der Waals surface area contributed by atoms with Crippen molar-refractivity contribution in [2.24, 2.45) is 10.7 Å². The van der Waals surface area contributed by atoms with E-state index in [9.17, 15) is 0 Å². The zero-order valence-corrected chi connectivity index (χ0v) is 10.1. The standard InChI is InChI=1S/C15H16N2/c1-11-7-9-13(10-8-11)15(16)17-14-6-4-3-5-12(14)2/h3-10H,1-2H3,(H2,16,17). The van der Waals surface area contributed by atoms with E-state index in [1.165, 1.54) is 5.56 Å². The third kappa shape index (κ3) is 2.72. The van der Waals surface area contributed by atoms with Gasteiger partial charge in [-0.1, -0.05) is 48.0 Å². The smallest absolute Gasteiger partial charge is 0.131 e. The first-order chi connectivity index (χ1) is 8.16. The van der Waals surface area contributed by atoms with Gasteiger partial charge in [-0.15, -0.1) is 0 Å². The summed E-state index contributed by atoms with van der Waals surface area (Å²) in [5, 5.41) is 0. The van der Waals surface area contributed by atoms with Crippen LogP contribution in [-0.4, -0.2) is 5.84 Å². The van der Waals surface area contributed by atoms with Crippen LogP contribution in [0.2, 0.25) is 0 Å². The highest BCUT2D eigenvalue weighted by Crippen LogP contribution is 2.18. The Balaban J connectivity index is 2.34. The van der Waals surface area contributed by atoms with Gasteiger partial charge in [0.05, 0.1) is 5.69 Å². The molecule has 0 radical (unpaired) electrons. The largest absolute Gasteiger partial charge is 0.383 e. The van der Waals surface area contributed by atoms with Gasteiger partial charge in [-0.25, -0.2) is 4.99 Å². The van der Waals surface area contributed by atoms with Crippen molar-refractivity contribution in [1.82, 2.24) is 0 Å². The number of amidine groups is 1. The molecule has 2 rings (SSSR count). The van der Waals surface area contributed by atoms with Gasteiger partial charge in [0, 0.05) is 5.56 Å². The van der Waals surface area contributed by atoms with Crippen LogP contribution in [0.5, 0.6) is 0 Å². The van der Waals surface area contributed by atoms with E-state index in [2.05, 4.69) is 11.9 Å². The molecular weight excluding hydrogens is 208 g/mol. The number of benzene rings is 2. The van der Waals surface area contributed by atoms with Gasteiger partial charge in [0.25, 0.3) is 0 Å². The predicted octanol–water partition coefficient (Wildman–Crippen LogP) is 3.34. The molecule has 0 aliphatic heterocycles. The molecule has 2 heteroatoms. The summed E-state index contributed by atoms with van der Waals surface area (Å²) in [5.74, 6) is 0.555. The van der Waals surface area contributed by atoms with Crippen LogP contribution < -0.4 is 5.73 Å². The molecule has 0 aliphatic rings. The highest BCUT2D eigenvalue weighted by molar-refractivity contribution is 5.99. The quantitative estimate of drug-likeness (QED) is 0.616. The first-order valence-corrected chi connectivity index (χ1v) is 5.63. The first kappa shape index (κ1) is 11.4. The summed E-state index contributed by atoms with van der Waals surface area (Å²) in [6.45, 7) is 4.08. The topological polar surface area (TPSA) is 38.4 Å². The van der Waals surface area contributed by atoms with E-state index in [-0.39, 0.29) is 0 Å². The molecule has 86 valence electrons. The molecule has 0 unspecified atom stereocenters. The number of nitrogens with two attached hydrogens (primary N) is 1. The van der Waals surface area contributed by atoms with Crippen molar-refractivity contribution in [3.8, 4) is 0 Å². The summed E-state index contributed by atoms with van der Waals surface area (Å²) in [6, 6.07) is 16.0. The summed E-state index contributed by atoms with van der Waals surface area (Å²) in [7, 11) is 0. The van der Waals surface area contributed by atoms with E-state index in [0.29, 0.717) is 5.84 Å². The lowest BCUT2D eigenvalue weighted by molar-refractivity contribution is 1.37. The molecule has 2 nitrogen and oxygen atoms in total. The van der Waals surface area contributed by atoms with Gasteiger partial charge >= 0.3 is 0 Å². The molecule has 0 saturated carbocycles. The van der Waals surface area contributed by atoms with Crippen LogP contribution in [0.25, 0.3) is 0 Å². The summed E-state index contributed by atoms with van der Waals surface area (Å²) < 4.78 is 0. The average Bonchev–Trinajstić information content (AvgIpc) is 2.33. The summed E-state index contributed by atoms with van der Waals surface area (Å²) in [4.78, 5) is 4.45. The van der Waals surface area contributed by atoms with Crippen LogP contribution in [0.1, 0.15) is 16.7 Å². The van der Waals surface area contributed by atoms with Crippen LogP contribution in [0, 0.1) is 13.8 Å². The second-order valence-electron chi connectivity index (χ2n) is 4.15. The highest BCUT2D eigenvalue weighted by atomic mass is 14.9. The Kier molecular flexibility index (Phi) is 3.24. The second-order valence-corrected chi connectivity index (χ2v) is 4.15. The zero-order valence-electron chi connectivity index (χ0n) is 10.1. The normalized spacial score (nSPS) is 11.5. The van der Waals surface area contributed by atoms with Gasteiger partial charge in [-0.3, -0.25) is 0 Å². The highest BCUT2D eigenvalue weighted by Gasteiger charge is 1.99. The number of aryl methyl sites for hydroxylation is 2. The maximum absolute atomic E-state index is 6.00. The van der Waals surface area contributed by atoms with Crippen LogP contribution in [-0.2, 0) is 0 Å². The van der Waals surface area contributed by atoms with Gasteiger partial charge in [-0.05, 0) is 25.5 Å². The van der Waals surface area contributed by atoms with Crippen LogP contribution in [0.15, 0.2) is 53.5 Å². The first-order valence-electron chi connectivity index (χ1n) is 5.63. The third-order valence-electron chi connectivity index (χ3n) is 2.70. The molecule has 0 saturated heterocycles. The number of hydrogen-bond acceptors (Lipinski definition) is 1. The Bertz CT molecular complexity index is 539. The molecule has 0 aliphatic carbocycles. The minimum atomic E-state index is 0.555. The molecular formula is C15H16N2. The van der Waals surface area contributed by atoms with Gasteiger partial charge < -0.3 is 5.73 Å². The Morgan fingerprint density at radius 3 is 2.24 bits per heavy atom. The van der Waals surface area contributed by atoms with Crippen molar-refractivity contribution in [3.63, 3.8) is 0 Å². The molecule has 2 aromatic carbocycles. The SMILES string of the molecule is Cc1ccc(C(N)=Nc2ccccc2C)cc1. The van der Waals surface area contributed by atoms with E-state index in [0.717, 1.165) is 16.8 Å². The van der Waals surface area contributed by atoms with E-state index in [1.807, 2.05) is 55.5 Å². The molecule has 2 aromatic rings. The average molecular weight is 224 g/mol. The van der Waals surface area contributed by atoms with Crippen LogP contribution in [0.4, 0.5) is 5.69 Å². The fourth-order valence-corrected chi connectivity index (χ4v) is 1.61. The summed E-state index contributed by atoms with van der Waals surface area (Å²) in [6.07, 6.45) is 0. The van der Waals surface area contributed by atoms with Gasteiger partial charge in [0.15, 0.2) is 0 Å². The molecule has 2 N–H and O–H groups in total. The number of rotatable bonds is 2. The fraction of sp³-hybridized carbons (Fsp3) is 0.133. The number of nitrogens with zero attached hydrogens (tertiary/aromatic N) is 1. The monoisotopic (exact) mass is 224 g/mol. The van der Waals surface area contributed by atoms with Gasteiger partial charge in [0.2, 0.25) is 0 Å². The number of para-hydroxylation sites is 1. The Morgan fingerprint density at radius 2 is 1.59 bits per heavy atom. The van der Waals surface area contributed by atoms with E-state index in [1.54, 1.807) is 0 Å². The second kappa shape index (κ2) is 4.83. The van der Waals surface area contributed by atoms with E-state index in [4.69, 9.17) is 5.73 Å². The van der Waals surface area contributed by atoms with Crippen molar-refractivity contribution in [2.45, 2.75) is 13.8 Å². The molecule has 0 spiro atoms. The van der Waals surface area contributed by atoms with Crippen LogP contribution >= 0.6 is 0 Å². The van der Waals surface area contributed by atoms with Crippen molar-refractivity contribution < 1.29 is 0 Å². The molecule has 0 atom stereocenters. The number of hydrogen-bond donors (Lipinski definition) is 1. The Hall–Kier alpha value is -2.09. The van der Waals surface area contributed by atoms with E-state index < -0.39 is 0 Å². The lowest BCUT2D eigenvalue weighted by atomic mass is 10.1. The molecule has 0 fully saturated rings. The van der Waals surface area contributed by atoms with E-state index >= 15 is 0 Å². The van der Waals surface area contributed by atoms with Crippen molar-refractivity contribution in [1.29, 1.82) is 0 Å². The minimum Gasteiger partial charge on any atom is -0.383 e. The summed E-state index contributed by atoms with van der Waals surface area (Å²) >= 11 is 0. The minimum absolute atomic E-state index is 0.555. The third-order valence-corrected chi connectivity index (χ3v) is 2.70.